The molecule has 0 fully saturated rings. The van der Waals surface area contributed by atoms with E-state index in [4.69, 9.17) is 0 Å². The van der Waals surface area contributed by atoms with Crippen LogP contribution in [0.5, 0.6) is 0 Å². The van der Waals surface area contributed by atoms with Crippen LogP contribution in [-0.2, 0) is 6.42 Å². The quantitative estimate of drug-likeness (QED) is 0.667. The summed E-state index contributed by atoms with van der Waals surface area (Å²) in [6.07, 6.45) is 9.29. The minimum Gasteiger partial charge on any atom is -0.346 e. The van der Waals surface area contributed by atoms with E-state index in [0.29, 0.717) is 0 Å². The highest BCUT2D eigenvalue weighted by Gasteiger charge is 1.96. The van der Waals surface area contributed by atoms with Gasteiger partial charge in [-0.1, -0.05) is 26.2 Å². The summed E-state index contributed by atoms with van der Waals surface area (Å²) >= 11 is 0. The largest absolute Gasteiger partial charge is 0.346 e. The van der Waals surface area contributed by atoms with E-state index in [0.717, 1.165) is 17.9 Å². The summed E-state index contributed by atoms with van der Waals surface area (Å²) in [5.41, 5.74) is 1.16. The van der Waals surface area contributed by atoms with E-state index in [1.165, 1.54) is 25.7 Å². The minimum atomic E-state index is 0.973. The molecule has 0 bridgehead atoms. The minimum absolute atomic E-state index is 0.973. The van der Waals surface area contributed by atoms with Crippen LogP contribution >= 0.6 is 0 Å². The molecule has 1 N–H and O–H groups in total. The molecule has 0 aromatic carbocycles. The van der Waals surface area contributed by atoms with Gasteiger partial charge in [0.2, 0.25) is 0 Å². The second-order valence-corrected chi connectivity index (χ2v) is 3.22. The molecule has 1 aromatic heterocycles. The molecule has 0 aliphatic heterocycles. The molecule has 0 saturated heterocycles. The van der Waals surface area contributed by atoms with Crippen LogP contribution in [0.3, 0.4) is 0 Å². The molecule has 0 saturated carbocycles. The van der Waals surface area contributed by atoms with Gasteiger partial charge in [-0.15, -0.1) is 0 Å². The Bertz CT molecular complexity index is 215. The van der Waals surface area contributed by atoms with Crippen LogP contribution < -0.4 is 0 Å². The maximum Gasteiger partial charge on any atom is 0.112 e. The number of H-pyrrole nitrogens is 1. The predicted molar refractivity (Wildman–Crippen MR) is 50.0 cm³/mol. The van der Waals surface area contributed by atoms with Gasteiger partial charge in [-0.2, -0.15) is 0 Å². The molecule has 12 heavy (non-hydrogen) atoms. The average molecular weight is 165 g/mol. The number of rotatable bonds is 5. The number of unbranched alkanes of at least 4 members (excludes halogenated alkanes) is 3. The molecule has 1 aromatic rings. The van der Waals surface area contributed by atoms with E-state index in [1.54, 1.807) is 0 Å². The summed E-state index contributed by atoms with van der Waals surface area (Å²) in [7, 11) is 0. The van der Waals surface area contributed by atoms with Crippen molar-refractivity contribution in [1.82, 2.24) is 9.97 Å². The Kier molecular flexibility index (Phi) is 3.85. The highest BCUT2D eigenvalue weighted by molar-refractivity contribution is 4.97. The molecule has 1 heterocycles. The van der Waals surface area contributed by atoms with Gasteiger partial charge in [0.25, 0.3) is 0 Å². The average Bonchev–Trinajstić information content (AvgIpc) is 2.45. The first-order chi connectivity index (χ1) is 5.83. The monoisotopic (exact) mass is 165 g/mol. The van der Waals surface area contributed by atoms with Crippen molar-refractivity contribution < 1.29 is 0 Å². The standard InChI is InChI=1S/C10H17N2/c1-3-4-5-6-7-10-8-11-9(2)12-10/h3-7H2,1-2H3,(H,11,12). The van der Waals surface area contributed by atoms with Gasteiger partial charge in [0, 0.05) is 5.69 Å². The van der Waals surface area contributed by atoms with Crippen molar-refractivity contribution in [2.75, 3.05) is 0 Å². The van der Waals surface area contributed by atoms with Crippen LogP contribution in [0, 0.1) is 13.1 Å². The van der Waals surface area contributed by atoms with Crippen molar-refractivity contribution >= 4 is 0 Å². The molecule has 0 aliphatic rings. The Labute approximate surface area is 74.4 Å². The van der Waals surface area contributed by atoms with Crippen molar-refractivity contribution in [3.05, 3.63) is 17.7 Å². The Morgan fingerprint density at radius 1 is 1.33 bits per heavy atom. The summed E-state index contributed by atoms with van der Waals surface area (Å²) in [6, 6.07) is 0. The molecule has 2 heteroatoms. The Morgan fingerprint density at radius 2 is 2.17 bits per heavy atom. The van der Waals surface area contributed by atoms with Crippen LogP contribution in [-0.4, -0.2) is 9.97 Å². The SMILES string of the molecule is CCCCCCc1[c]nc(C)[nH]1. The summed E-state index contributed by atoms with van der Waals surface area (Å²) in [5.74, 6) is 0.973. The second kappa shape index (κ2) is 4.96. The van der Waals surface area contributed by atoms with Gasteiger partial charge in [-0.3, -0.25) is 0 Å². The molecular formula is C10H17N2. The molecule has 0 unspecified atom stereocenters. The van der Waals surface area contributed by atoms with Crippen molar-refractivity contribution in [3.8, 4) is 0 Å². The highest BCUT2D eigenvalue weighted by Crippen LogP contribution is 2.04. The summed E-state index contributed by atoms with van der Waals surface area (Å²) < 4.78 is 0. The number of nitrogens with zero attached hydrogens (tertiary/aromatic N) is 1. The van der Waals surface area contributed by atoms with Gasteiger partial charge < -0.3 is 4.98 Å². The number of aryl methyl sites for hydroxylation is 2. The first-order valence-electron chi connectivity index (χ1n) is 4.76. The molecule has 0 amide bonds. The molecule has 0 spiro atoms. The van der Waals surface area contributed by atoms with E-state index >= 15 is 0 Å². The maximum absolute atomic E-state index is 4.03. The lowest BCUT2D eigenvalue weighted by Gasteiger charge is -1.95. The van der Waals surface area contributed by atoms with Crippen LogP contribution in [0.4, 0.5) is 0 Å². The van der Waals surface area contributed by atoms with Crippen LogP contribution in [0.25, 0.3) is 0 Å². The van der Waals surface area contributed by atoms with E-state index in [9.17, 15) is 0 Å². The van der Waals surface area contributed by atoms with E-state index in [2.05, 4.69) is 23.1 Å². The third-order valence-corrected chi connectivity index (χ3v) is 1.97. The van der Waals surface area contributed by atoms with Crippen LogP contribution in [0.2, 0.25) is 0 Å². The lowest BCUT2D eigenvalue weighted by Crippen LogP contribution is -1.85. The van der Waals surface area contributed by atoms with Crippen LogP contribution in [0.15, 0.2) is 0 Å². The zero-order valence-corrected chi connectivity index (χ0v) is 7.98. The smallest absolute Gasteiger partial charge is 0.112 e. The topological polar surface area (TPSA) is 28.7 Å². The molecule has 2 nitrogen and oxygen atoms in total. The fourth-order valence-electron chi connectivity index (χ4n) is 1.27. The van der Waals surface area contributed by atoms with Crippen molar-refractivity contribution in [2.45, 2.75) is 46.0 Å². The Hall–Kier alpha value is -0.790. The fraction of sp³-hybridized carbons (Fsp3) is 0.700. The molecule has 67 valence electrons. The zero-order valence-electron chi connectivity index (χ0n) is 7.98. The van der Waals surface area contributed by atoms with Gasteiger partial charge in [0.05, 0.1) is 0 Å². The third-order valence-electron chi connectivity index (χ3n) is 1.97. The highest BCUT2D eigenvalue weighted by atomic mass is 14.9. The molecule has 1 radical (unpaired) electrons. The maximum atomic E-state index is 4.03. The van der Waals surface area contributed by atoms with Gasteiger partial charge in [-0.05, 0) is 19.8 Å². The van der Waals surface area contributed by atoms with Gasteiger partial charge in [0.1, 0.15) is 12.0 Å². The zero-order chi connectivity index (χ0) is 8.81. The molecule has 0 aliphatic carbocycles. The third kappa shape index (κ3) is 3.07. The van der Waals surface area contributed by atoms with E-state index < -0.39 is 0 Å². The summed E-state index contributed by atoms with van der Waals surface area (Å²) in [5, 5.41) is 0. The Balaban J connectivity index is 2.15. The first-order valence-corrected chi connectivity index (χ1v) is 4.76. The van der Waals surface area contributed by atoms with Crippen LogP contribution in [0.1, 0.15) is 44.1 Å². The lowest BCUT2D eigenvalue weighted by molar-refractivity contribution is 0.661. The second-order valence-electron chi connectivity index (χ2n) is 3.22. The van der Waals surface area contributed by atoms with Gasteiger partial charge >= 0.3 is 0 Å². The first kappa shape index (κ1) is 9.30. The molecule has 1 rings (SSSR count). The van der Waals surface area contributed by atoms with Gasteiger partial charge in [0.15, 0.2) is 0 Å². The van der Waals surface area contributed by atoms with Crippen molar-refractivity contribution in [2.24, 2.45) is 0 Å². The fourth-order valence-corrected chi connectivity index (χ4v) is 1.27. The number of hydrogen-bond acceptors (Lipinski definition) is 1. The number of imidazole rings is 1. The Morgan fingerprint density at radius 3 is 2.75 bits per heavy atom. The van der Waals surface area contributed by atoms with E-state index in [-0.39, 0.29) is 0 Å². The summed E-state index contributed by atoms with van der Waals surface area (Å²) in [4.78, 5) is 7.22. The normalized spacial score (nSPS) is 10.5. The number of hydrogen-bond donors (Lipinski definition) is 1. The van der Waals surface area contributed by atoms with Gasteiger partial charge in [-0.25, -0.2) is 4.98 Å². The summed E-state index contributed by atoms with van der Waals surface area (Å²) in [6.45, 7) is 4.19. The lowest BCUT2D eigenvalue weighted by atomic mass is 10.1. The number of aromatic nitrogens is 2. The molecule has 0 atom stereocenters. The number of nitrogens with one attached hydrogen (secondary N) is 1. The van der Waals surface area contributed by atoms with Crippen molar-refractivity contribution in [1.29, 1.82) is 0 Å². The predicted octanol–water partition coefficient (Wildman–Crippen LogP) is 2.64. The molecular weight excluding hydrogens is 148 g/mol. The van der Waals surface area contributed by atoms with E-state index in [1.807, 2.05) is 6.92 Å². The number of aromatic amines is 1. The van der Waals surface area contributed by atoms with Crippen molar-refractivity contribution in [3.63, 3.8) is 0 Å².